The number of anilines is 1. The number of benzene rings is 2. The van der Waals surface area contributed by atoms with Gasteiger partial charge in [-0.15, -0.1) is 5.10 Å². The molecule has 184 valence electrons. The normalized spacial score (nSPS) is 21.4. The van der Waals surface area contributed by atoms with Crippen LogP contribution in [0.3, 0.4) is 0 Å². The lowest BCUT2D eigenvalue weighted by molar-refractivity contribution is -0.0655. The number of fused-ring (bicyclic) bond motifs is 1. The van der Waals surface area contributed by atoms with Gasteiger partial charge in [0.1, 0.15) is 12.7 Å². The number of halogens is 1. The van der Waals surface area contributed by atoms with E-state index in [1.807, 2.05) is 0 Å². The van der Waals surface area contributed by atoms with E-state index in [9.17, 15) is 14.4 Å². The molecule has 2 aromatic carbocycles. The zero-order valence-electron chi connectivity index (χ0n) is 18.5. The summed E-state index contributed by atoms with van der Waals surface area (Å²) in [5, 5.41) is 7.62. The molecule has 0 aliphatic carbocycles. The fourth-order valence-electron chi connectivity index (χ4n) is 3.76. The van der Waals surface area contributed by atoms with Crippen LogP contribution in [0.1, 0.15) is 26.9 Å². The highest BCUT2D eigenvalue weighted by Crippen LogP contribution is 2.35. The minimum atomic E-state index is -1.93. The van der Waals surface area contributed by atoms with Crippen LogP contribution in [-0.4, -0.2) is 61.9 Å². The van der Waals surface area contributed by atoms with Crippen molar-refractivity contribution in [3.63, 3.8) is 0 Å². The third-order valence-corrected chi connectivity index (χ3v) is 5.50. The number of nitrogens with zero attached hydrogens (tertiary/aromatic N) is 4. The number of esters is 2. The molecule has 12 nitrogen and oxygen atoms in total. The maximum Gasteiger partial charge on any atom is 0.338 e. The van der Waals surface area contributed by atoms with Crippen LogP contribution in [0.4, 0.5) is 10.3 Å². The first-order chi connectivity index (χ1) is 17.4. The number of rotatable bonds is 6. The Bertz CT molecular complexity index is 1460. The van der Waals surface area contributed by atoms with Gasteiger partial charge in [0.15, 0.2) is 29.7 Å². The summed E-state index contributed by atoms with van der Waals surface area (Å²) in [5.41, 5.74) is 5.16. The molecule has 4 aromatic rings. The molecule has 13 heteroatoms. The Balaban J connectivity index is 1.44. The second-order valence-corrected chi connectivity index (χ2v) is 7.87. The largest absolute Gasteiger partial charge is 0.459 e. The smallest absolute Gasteiger partial charge is 0.338 e. The highest BCUT2D eigenvalue weighted by atomic mass is 19.1. The minimum absolute atomic E-state index is 0.101. The van der Waals surface area contributed by atoms with Gasteiger partial charge in [-0.3, -0.25) is 9.78 Å². The zero-order valence-corrected chi connectivity index (χ0v) is 18.5. The monoisotopic (exact) mass is 494 g/mol. The number of nitrogen functional groups attached to an aromatic ring is 1. The summed E-state index contributed by atoms with van der Waals surface area (Å²) in [6.45, 7) is -0.479. The summed E-state index contributed by atoms with van der Waals surface area (Å²) in [7, 11) is 0. The molecule has 0 spiro atoms. The number of aromatic amines is 1. The Morgan fingerprint density at radius 2 is 1.69 bits per heavy atom. The first-order valence-electron chi connectivity index (χ1n) is 10.8. The average molecular weight is 494 g/mol. The topological polar surface area (TPSA) is 164 Å². The van der Waals surface area contributed by atoms with E-state index in [1.54, 1.807) is 48.5 Å². The van der Waals surface area contributed by atoms with Gasteiger partial charge in [0.05, 0.1) is 11.1 Å². The van der Waals surface area contributed by atoms with Crippen LogP contribution in [0.25, 0.3) is 11.2 Å². The van der Waals surface area contributed by atoms with E-state index in [-0.39, 0.29) is 28.2 Å². The molecule has 3 N–H and O–H groups in total. The summed E-state index contributed by atoms with van der Waals surface area (Å²) in [4.78, 5) is 43.5. The highest BCUT2D eigenvalue weighted by molar-refractivity contribution is 5.90. The van der Waals surface area contributed by atoms with Crippen LogP contribution in [-0.2, 0) is 14.2 Å². The van der Waals surface area contributed by atoms with Crippen LogP contribution >= 0.6 is 0 Å². The second-order valence-electron chi connectivity index (χ2n) is 7.87. The zero-order chi connectivity index (χ0) is 25.2. The molecule has 0 unspecified atom stereocenters. The molecule has 5 rings (SSSR count). The average Bonchev–Trinajstić information content (AvgIpc) is 3.44. The molecular formula is C23H19FN6O6. The Hall–Kier alpha value is -4.65. The molecule has 0 amide bonds. The molecule has 0 radical (unpaired) electrons. The molecule has 0 saturated carbocycles. The first kappa shape index (κ1) is 23.1. The third-order valence-electron chi connectivity index (χ3n) is 5.50. The molecule has 36 heavy (non-hydrogen) atoms. The van der Waals surface area contributed by atoms with Crippen molar-refractivity contribution in [1.29, 1.82) is 0 Å². The van der Waals surface area contributed by atoms with E-state index >= 15 is 4.39 Å². The van der Waals surface area contributed by atoms with Gasteiger partial charge >= 0.3 is 11.9 Å². The van der Waals surface area contributed by atoms with Crippen LogP contribution in [0.5, 0.6) is 0 Å². The number of carbonyl (C=O) groups excluding carboxylic acids is 2. The lowest BCUT2D eigenvalue weighted by atomic mass is 10.1. The number of nitrogens with one attached hydrogen (secondary N) is 1. The van der Waals surface area contributed by atoms with Gasteiger partial charge in [-0.2, -0.15) is 9.67 Å². The van der Waals surface area contributed by atoms with Crippen molar-refractivity contribution in [1.82, 2.24) is 25.0 Å². The molecule has 1 aliphatic rings. The first-order valence-corrected chi connectivity index (χ1v) is 10.8. The van der Waals surface area contributed by atoms with E-state index in [0.29, 0.717) is 0 Å². The minimum Gasteiger partial charge on any atom is -0.459 e. The quantitative estimate of drug-likeness (QED) is 0.375. The highest BCUT2D eigenvalue weighted by Gasteiger charge is 2.50. The van der Waals surface area contributed by atoms with E-state index in [1.165, 1.54) is 12.1 Å². The van der Waals surface area contributed by atoms with Crippen LogP contribution in [0, 0.1) is 0 Å². The maximum absolute atomic E-state index is 15.6. The van der Waals surface area contributed by atoms with Gasteiger partial charge in [0, 0.05) is 0 Å². The summed E-state index contributed by atoms with van der Waals surface area (Å²) in [5.74, 6) is -1.72. The van der Waals surface area contributed by atoms with Gasteiger partial charge in [0.2, 0.25) is 5.95 Å². The lowest BCUT2D eigenvalue weighted by Gasteiger charge is -2.20. The number of hydrogen-bond donors (Lipinski definition) is 2. The molecule has 0 bridgehead atoms. The number of hydrogen-bond acceptors (Lipinski definition) is 10. The lowest BCUT2D eigenvalue weighted by Crippen LogP contribution is -2.35. The Labute approximate surface area is 201 Å². The van der Waals surface area contributed by atoms with E-state index in [2.05, 4.69) is 20.3 Å². The van der Waals surface area contributed by atoms with Gasteiger partial charge in [-0.05, 0) is 24.3 Å². The Kier molecular flexibility index (Phi) is 6.12. The molecular weight excluding hydrogens is 475 g/mol. The molecule has 1 saturated heterocycles. The number of aromatic nitrogens is 5. The van der Waals surface area contributed by atoms with Crippen molar-refractivity contribution in [2.75, 3.05) is 12.3 Å². The fourth-order valence-corrected chi connectivity index (χ4v) is 3.76. The van der Waals surface area contributed by atoms with Gasteiger partial charge in [-0.1, -0.05) is 41.6 Å². The molecule has 1 aliphatic heterocycles. The van der Waals surface area contributed by atoms with Crippen molar-refractivity contribution in [2.24, 2.45) is 0 Å². The van der Waals surface area contributed by atoms with Crippen LogP contribution < -0.4 is 11.3 Å². The predicted molar refractivity (Wildman–Crippen MR) is 122 cm³/mol. The van der Waals surface area contributed by atoms with Crippen molar-refractivity contribution >= 4 is 29.1 Å². The van der Waals surface area contributed by atoms with Crippen LogP contribution in [0.15, 0.2) is 65.5 Å². The van der Waals surface area contributed by atoms with Gasteiger partial charge in [-0.25, -0.2) is 14.0 Å². The van der Waals surface area contributed by atoms with Crippen molar-refractivity contribution in [3.05, 3.63) is 82.1 Å². The standard InChI is InChI=1S/C23H19FN6O6/c24-15-14(11-34-21(32)12-7-3-1-4-8-12)35-20(17(15)36-22(33)13-9-5-2-6-10-13)30-18-16(28-29-30)19(31)27-23(25)26-18/h1-10,14-15,17,20H,11H2,(H3,25,26,27,31)/t14-,15-,17-,20-/m1/s1. The number of ether oxygens (including phenoxy) is 3. The predicted octanol–water partition coefficient (Wildman–Crippen LogP) is 1.41. The Morgan fingerprint density at radius 3 is 2.36 bits per heavy atom. The van der Waals surface area contributed by atoms with Gasteiger partial charge in [0.25, 0.3) is 5.56 Å². The van der Waals surface area contributed by atoms with E-state index in [0.717, 1.165) is 4.68 Å². The summed E-state index contributed by atoms with van der Waals surface area (Å²) < 4.78 is 33.1. The number of alkyl halides is 1. The maximum atomic E-state index is 15.6. The van der Waals surface area contributed by atoms with E-state index in [4.69, 9.17) is 19.9 Å². The molecule has 3 heterocycles. The summed E-state index contributed by atoms with van der Waals surface area (Å²) in [6, 6.07) is 16.1. The van der Waals surface area contributed by atoms with Gasteiger partial charge < -0.3 is 19.9 Å². The van der Waals surface area contributed by atoms with Crippen molar-refractivity contribution in [3.8, 4) is 0 Å². The second kappa shape index (κ2) is 9.54. The van der Waals surface area contributed by atoms with Crippen molar-refractivity contribution < 1.29 is 28.2 Å². The molecule has 2 aromatic heterocycles. The SMILES string of the molecule is Nc1nc2c(nnn2[C@@H]2O[C@H](COC(=O)c3ccccc3)[C@@H](F)[C@H]2OC(=O)c2ccccc2)c(=O)[nH]1. The number of nitrogens with two attached hydrogens (primary N) is 1. The van der Waals surface area contributed by atoms with Crippen molar-refractivity contribution in [2.45, 2.75) is 24.6 Å². The number of H-pyrrole nitrogens is 1. The summed E-state index contributed by atoms with van der Waals surface area (Å²) in [6.07, 6.45) is -6.17. The summed E-state index contributed by atoms with van der Waals surface area (Å²) >= 11 is 0. The molecule has 4 atom stereocenters. The van der Waals surface area contributed by atoms with Crippen LogP contribution in [0.2, 0.25) is 0 Å². The van der Waals surface area contributed by atoms with E-state index < -0.39 is 48.7 Å². The number of carbonyl (C=O) groups is 2. The Morgan fingerprint density at radius 1 is 1.06 bits per heavy atom. The molecule has 1 fully saturated rings. The third kappa shape index (κ3) is 4.38. The fraction of sp³-hybridized carbons (Fsp3) is 0.217.